The molecule has 0 radical (unpaired) electrons. The Hall–Kier alpha value is -2.21. The first-order valence-electron chi connectivity index (χ1n) is 11.0. The third kappa shape index (κ3) is 16.8. The molecule has 45 heavy (non-hydrogen) atoms. The number of carbonyl (C=O) groups is 2. The Morgan fingerprint density at radius 2 is 0.911 bits per heavy atom. The highest BCUT2D eigenvalue weighted by molar-refractivity contribution is 7.91. The van der Waals surface area contributed by atoms with Crippen molar-refractivity contribution in [2.24, 2.45) is 0 Å². The highest BCUT2D eigenvalue weighted by atomic mass is 35.5. The Morgan fingerprint density at radius 1 is 0.622 bits per heavy atom. The monoisotopic (exact) mass is 756 g/mol. The van der Waals surface area contributed by atoms with E-state index in [4.69, 9.17) is 16.7 Å². The number of allylic oxidation sites excluding steroid dienone is 1. The summed E-state index contributed by atoms with van der Waals surface area (Å²) in [4.78, 5) is 20.0. The zero-order valence-corrected chi connectivity index (χ0v) is 24.4. The van der Waals surface area contributed by atoms with Crippen LogP contribution >= 0.6 is 11.6 Å². The van der Waals surface area contributed by atoms with Crippen molar-refractivity contribution in [3.63, 3.8) is 0 Å². The Bertz CT molecular complexity index is 1160. The van der Waals surface area contributed by atoms with E-state index < -0.39 is 116 Å². The number of aliphatic hydroxyl groups is 1. The van der Waals surface area contributed by atoms with E-state index in [9.17, 15) is 87.9 Å². The molecule has 25 heteroatoms. The van der Waals surface area contributed by atoms with Crippen molar-refractivity contribution in [3.8, 4) is 0 Å². The van der Waals surface area contributed by atoms with Crippen LogP contribution in [0.5, 0.6) is 0 Å². The van der Waals surface area contributed by atoms with Gasteiger partial charge in [-0.25, -0.2) is 30.4 Å². The van der Waals surface area contributed by atoms with Crippen LogP contribution in [0, 0.1) is 0 Å². The number of hydrogen-bond acceptors (Lipinski definition) is 8. The first kappa shape index (κ1) is 47.2. The predicted octanol–water partition coefficient (Wildman–Crippen LogP) is 4.91. The third-order valence-corrected chi connectivity index (χ3v) is 8.08. The van der Waals surface area contributed by atoms with Crippen LogP contribution < -0.4 is 0 Å². The van der Waals surface area contributed by atoms with Gasteiger partial charge < -0.3 is 9.84 Å². The molecule has 0 atom stereocenters. The van der Waals surface area contributed by atoms with Gasteiger partial charge in [-0.3, -0.25) is 4.79 Å². The zero-order chi connectivity index (χ0) is 36.9. The van der Waals surface area contributed by atoms with Crippen LogP contribution in [0.15, 0.2) is 25.3 Å². The maximum absolute atomic E-state index is 13.2. The number of carbonyl (C=O) groups excluding carboxylic acids is 2. The van der Waals surface area contributed by atoms with Gasteiger partial charge in [-0.2, -0.15) is 52.7 Å². The summed E-state index contributed by atoms with van der Waals surface area (Å²) in [5.74, 6) is -6.48. The van der Waals surface area contributed by atoms with E-state index in [2.05, 4.69) is 17.9 Å². The number of alkyl halides is 14. The van der Waals surface area contributed by atoms with Crippen molar-refractivity contribution < 1.29 is 97.7 Å². The molecule has 0 aromatic heterocycles. The molecule has 0 rings (SSSR count). The van der Waals surface area contributed by atoms with Gasteiger partial charge >= 0.3 is 30.7 Å². The second-order valence-corrected chi connectivity index (χ2v) is 13.0. The first-order chi connectivity index (χ1) is 19.7. The predicted molar refractivity (Wildman–Crippen MR) is 128 cm³/mol. The fourth-order valence-electron chi connectivity index (χ4n) is 2.15. The molecule has 0 fully saturated rings. The summed E-state index contributed by atoms with van der Waals surface area (Å²) in [6, 6.07) is 0. The summed E-state index contributed by atoms with van der Waals surface area (Å²) < 4.78 is 220. The normalized spacial score (nSPS) is 13.4. The van der Waals surface area contributed by atoms with Crippen molar-refractivity contribution in [2.45, 2.75) is 48.9 Å². The second kappa shape index (κ2) is 17.6. The Kier molecular flexibility index (Phi) is 18.5. The first-order valence-corrected chi connectivity index (χ1v) is 15.0. The molecule has 1 N–H and O–H groups in total. The third-order valence-electron chi connectivity index (χ3n) is 4.68. The number of aliphatic hydroxyl groups excluding tert-OH is 1. The van der Waals surface area contributed by atoms with Gasteiger partial charge in [-0.1, -0.05) is 13.2 Å². The molecular weight excluding hydrogens is 734 g/mol. The molecular formula is C20H23ClF14O8S2. The Labute approximate surface area is 250 Å². The van der Waals surface area contributed by atoms with Crippen LogP contribution in [0.25, 0.3) is 0 Å². The van der Waals surface area contributed by atoms with E-state index >= 15 is 0 Å². The molecule has 0 aromatic carbocycles. The van der Waals surface area contributed by atoms with Crippen LogP contribution in [-0.2, 0) is 34.0 Å². The lowest BCUT2D eigenvalue weighted by molar-refractivity contribution is -0.342. The molecule has 0 aliphatic rings. The molecule has 0 aliphatic heterocycles. The lowest BCUT2D eigenvalue weighted by Crippen LogP contribution is -2.54. The zero-order valence-electron chi connectivity index (χ0n) is 22.0. The molecule has 0 heterocycles. The van der Waals surface area contributed by atoms with Crippen LogP contribution in [0.2, 0.25) is 0 Å². The van der Waals surface area contributed by atoms with Gasteiger partial charge in [-0.05, 0) is 17.7 Å². The summed E-state index contributed by atoms with van der Waals surface area (Å²) in [7, 11) is -8.87. The number of sulfone groups is 2. The van der Waals surface area contributed by atoms with E-state index in [1.165, 1.54) is 0 Å². The van der Waals surface area contributed by atoms with Crippen LogP contribution in [0.4, 0.5) is 61.5 Å². The average molecular weight is 757 g/mol. The van der Waals surface area contributed by atoms with Crippen LogP contribution in [0.3, 0.4) is 0 Å². The Balaban J connectivity index is -0.000000690. The lowest BCUT2D eigenvalue weighted by atomic mass is 10.0. The minimum Gasteiger partial charge on any atom is -0.461 e. The molecule has 0 unspecified atom stereocenters. The molecule has 0 saturated carbocycles. The van der Waals surface area contributed by atoms with Crippen molar-refractivity contribution >= 4 is 42.5 Å². The average Bonchev–Trinajstić information content (AvgIpc) is 2.83. The minimum atomic E-state index is -6.31. The fourth-order valence-corrected chi connectivity index (χ4v) is 4.36. The van der Waals surface area contributed by atoms with Crippen molar-refractivity contribution in [1.82, 2.24) is 0 Å². The van der Waals surface area contributed by atoms with E-state index in [0.29, 0.717) is 6.08 Å². The molecule has 0 saturated heterocycles. The molecule has 0 spiro atoms. The molecule has 0 aliphatic carbocycles. The van der Waals surface area contributed by atoms with Gasteiger partial charge in [0.05, 0.1) is 29.6 Å². The van der Waals surface area contributed by atoms with Crippen molar-refractivity contribution in [3.05, 3.63) is 25.3 Å². The van der Waals surface area contributed by atoms with Crippen LogP contribution in [-0.4, -0.2) is 105 Å². The summed E-state index contributed by atoms with van der Waals surface area (Å²) in [5, 5.41) is 7.72. The quantitative estimate of drug-likeness (QED) is 0.122. The SMILES string of the molecule is C=CC(=O)Cl.C=CC(=O)OCCS(=O)(=O)CCC(F)(C(F)(F)F)C(F)(F)F.O=S(=O)(CCO)CCC(F)(C(F)(F)F)C(F)(F)F. The topological polar surface area (TPSA) is 132 Å². The lowest BCUT2D eigenvalue weighted by Gasteiger charge is -2.29. The van der Waals surface area contributed by atoms with Crippen molar-refractivity contribution in [2.75, 3.05) is 36.2 Å². The number of hydrogen-bond donors (Lipinski definition) is 1. The van der Waals surface area contributed by atoms with E-state index in [-0.39, 0.29) is 0 Å². The molecule has 8 nitrogen and oxygen atoms in total. The van der Waals surface area contributed by atoms with E-state index in [0.717, 1.165) is 6.08 Å². The molecule has 0 bridgehead atoms. The second-order valence-electron chi connectivity index (χ2n) is 8.00. The molecule has 0 aromatic rings. The summed E-state index contributed by atoms with van der Waals surface area (Å²) in [5.41, 5.74) is -11.2. The maximum atomic E-state index is 13.2. The smallest absolute Gasteiger partial charge is 0.431 e. The van der Waals surface area contributed by atoms with E-state index in [1.807, 2.05) is 0 Å². The largest absolute Gasteiger partial charge is 0.461 e. The van der Waals surface area contributed by atoms with Gasteiger partial charge in [0, 0.05) is 18.9 Å². The minimum absolute atomic E-state index is 0.509. The number of esters is 1. The van der Waals surface area contributed by atoms with E-state index in [1.54, 1.807) is 0 Å². The standard InChI is InChI=1S/C10H11F7O4S.C7H9F7O3S.C3H3ClO/c1-2-7(18)21-4-6-22(19,20)5-3-8(11,9(12,13)14)10(15,16)17;8-5(6(9,10)11,7(12,13)14)1-3-18(16,17)4-2-15;1-2-3(4)5/h2H,1,3-6H2;15H,1-4H2;2H,1H2. The fraction of sp³-hybridized carbons (Fsp3) is 0.700. The van der Waals surface area contributed by atoms with Gasteiger partial charge in [0.25, 0.3) is 11.3 Å². The maximum Gasteiger partial charge on any atom is 0.431 e. The summed E-state index contributed by atoms with van der Waals surface area (Å²) >= 11 is 4.71. The highest BCUT2D eigenvalue weighted by Crippen LogP contribution is 2.49. The van der Waals surface area contributed by atoms with Gasteiger partial charge in [0.1, 0.15) is 6.61 Å². The van der Waals surface area contributed by atoms with Crippen LogP contribution in [0.1, 0.15) is 12.8 Å². The number of ether oxygens (including phenoxy) is 1. The number of rotatable bonds is 13. The molecule has 268 valence electrons. The summed E-state index contributed by atoms with van der Waals surface area (Å²) in [6.07, 6.45) is -28.1. The van der Waals surface area contributed by atoms with Gasteiger partial charge in [0.15, 0.2) is 19.7 Å². The van der Waals surface area contributed by atoms with Crippen molar-refractivity contribution in [1.29, 1.82) is 0 Å². The Morgan fingerprint density at radius 3 is 1.13 bits per heavy atom. The van der Waals surface area contributed by atoms with Gasteiger partial charge in [0.2, 0.25) is 5.24 Å². The molecule has 0 amide bonds. The highest BCUT2D eigenvalue weighted by Gasteiger charge is 2.73. The summed E-state index contributed by atoms with van der Waals surface area (Å²) in [6.45, 7) is 4.28. The number of halogens is 15. The van der Waals surface area contributed by atoms with Gasteiger partial charge in [-0.15, -0.1) is 0 Å².